The van der Waals surface area contributed by atoms with Crippen LogP contribution in [-0.4, -0.2) is 17.9 Å². The van der Waals surface area contributed by atoms with Crippen molar-refractivity contribution in [3.8, 4) is 0 Å². The Morgan fingerprint density at radius 1 is 1.14 bits per heavy atom. The highest BCUT2D eigenvalue weighted by atomic mass is 16.2. The molecule has 108 valence electrons. The number of nitrogens with two attached hydrogens (primary N) is 1. The molecule has 3 N–H and O–H groups in total. The molecule has 1 saturated carbocycles. The van der Waals surface area contributed by atoms with E-state index in [0.29, 0.717) is 17.9 Å². The maximum absolute atomic E-state index is 12.5. The number of amides is 2. The zero-order chi connectivity index (χ0) is 14.8. The van der Waals surface area contributed by atoms with Crippen LogP contribution in [0.25, 0.3) is 10.8 Å². The number of hydrogen-bond donors (Lipinski definition) is 2. The highest BCUT2D eigenvalue weighted by molar-refractivity contribution is 6.08. The Morgan fingerprint density at radius 2 is 1.86 bits per heavy atom. The minimum absolute atomic E-state index is 0.240. The molecule has 3 rings (SSSR count). The van der Waals surface area contributed by atoms with Gasteiger partial charge < -0.3 is 11.1 Å². The summed E-state index contributed by atoms with van der Waals surface area (Å²) in [5, 5.41) is 4.67. The summed E-state index contributed by atoms with van der Waals surface area (Å²) in [7, 11) is 0. The summed E-state index contributed by atoms with van der Waals surface area (Å²) in [5.74, 6) is -0.179. The number of hydrogen-bond acceptors (Lipinski definition) is 2. The molecule has 0 saturated heterocycles. The molecule has 4 nitrogen and oxygen atoms in total. The van der Waals surface area contributed by atoms with E-state index in [9.17, 15) is 9.59 Å². The Kier molecular flexibility index (Phi) is 3.60. The van der Waals surface area contributed by atoms with Crippen molar-refractivity contribution < 1.29 is 9.59 Å². The second-order valence-electron chi connectivity index (χ2n) is 5.63. The average molecular weight is 282 g/mol. The summed E-state index contributed by atoms with van der Waals surface area (Å²) in [6.07, 6.45) is 2.88. The molecule has 2 aromatic rings. The van der Waals surface area contributed by atoms with Gasteiger partial charge in [-0.25, -0.2) is 0 Å². The fourth-order valence-corrected chi connectivity index (χ4v) is 2.59. The van der Waals surface area contributed by atoms with Gasteiger partial charge in [-0.05, 0) is 29.2 Å². The predicted molar refractivity (Wildman–Crippen MR) is 81.7 cm³/mol. The number of fused-ring (bicyclic) bond motifs is 1. The van der Waals surface area contributed by atoms with Gasteiger partial charge in [0.25, 0.3) is 5.91 Å². The van der Waals surface area contributed by atoms with Crippen molar-refractivity contribution in [2.24, 2.45) is 11.7 Å². The van der Waals surface area contributed by atoms with Gasteiger partial charge in [0.15, 0.2) is 0 Å². The van der Waals surface area contributed by atoms with Gasteiger partial charge in [-0.1, -0.05) is 49.2 Å². The van der Waals surface area contributed by atoms with Crippen LogP contribution in [0.4, 0.5) is 0 Å². The van der Waals surface area contributed by atoms with Gasteiger partial charge in [0.05, 0.1) is 0 Å². The lowest BCUT2D eigenvalue weighted by Crippen LogP contribution is -2.44. The fraction of sp³-hybridized carbons (Fsp3) is 0.294. The zero-order valence-electron chi connectivity index (χ0n) is 11.7. The number of carbonyl (C=O) groups is 2. The standard InChI is InChI=1S/C17H18N2O2/c18-16(20)15(10-11-8-9-11)19-17(21)14-7-3-5-12-4-1-2-6-13(12)14/h1-7,11,15H,8-10H2,(H2,18,20)(H,19,21)/t15-/m1/s1. The summed E-state index contributed by atoms with van der Waals surface area (Å²) in [5.41, 5.74) is 5.98. The molecule has 0 aliphatic heterocycles. The number of nitrogens with one attached hydrogen (secondary N) is 1. The van der Waals surface area contributed by atoms with Gasteiger partial charge in [-0.2, -0.15) is 0 Å². The van der Waals surface area contributed by atoms with Gasteiger partial charge >= 0.3 is 0 Å². The number of primary amides is 1. The van der Waals surface area contributed by atoms with Crippen LogP contribution < -0.4 is 11.1 Å². The molecule has 0 spiro atoms. The topological polar surface area (TPSA) is 72.2 Å². The fourth-order valence-electron chi connectivity index (χ4n) is 2.59. The molecule has 0 unspecified atom stereocenters. The van der Waals surface area contributed by atoms with Crippen LogP contribution in [0, 0.1) is 5.92 Å². The summed E-state index contributed by atoms with van der Waals surface area (Å²) in [4.78, 5) is 24.0. The van der Waals surface area contributed by atoms with Crippen molar-refractivity contribution in [2.75, 3.05) is 0 Å². The highest BCUT2D eigenvalue weighted by Gasteiger charge is 2.29. The Hall–Kier alpha value is -2.36. The van der Waals surface area contributed by atoms with Crippen LogP contribution in [0.5, 0.6) is 0 Å². The first kappa shape index (κ1) is 13.6. The van der Waals surface area contributed by atoms with E-state index in [0.717, 1.165) is 23.6 Å². The molecule has 1 atom stereocenters. The summed E-state index contributed by atoms with van der Waals surface area (Å²) in [6, 6.07) is 12.7. The lowest BCUT2D eigenvalue weighted by molar-refractivity contribution is -0.120. The van der Waals surface area contributed by atoms with E-state index in [-0.39, 0.29) is 5.91 Å². The average Bonchev–Trinajstić information content (AvgIpc) is 3.29. The number of benzene rings is 2. The van der Waals surface area contributed by atoms with E-state index >= 15 is 0 Å². The van der Waals surface area contributed by atoms with Gasteiger partial charge in [0, 0.05) is 5.56 Å². The van der Waals surface area contributed by atoms with E-state index in [1.54, 1.807) is 6.07 Å². The molecule has 0 radical (unpaired) electrons. The van der Waals surface area contributed by atoms with Gasteiger partial charge in [0.2, 0.25) is 5.91 Å². The summed E-state index contributed by atoms with van der Waals surface area (Å²) in [6.45, 7) is 0. The Bertz CT molecular complexity index is 687. The van der Waals surface area contributed by atoms with Crippen molar-refractivity contribution in [1.29, 1.82) is 0 Å². The largest absolute Gasteiger partial charge is 0.368 e. The van der Waals surface area contributed by atoms with E-state index in [2.05, 4.69) is 5.32 Å². The summed E-state index contributed by atoms with van der Waals surface area (Å²) >= 11 is 0. The molecule has 0 heterocycles. The van der Waals surface area contributed by atoms with Crippen LogP contribution in [0.1, 0.15) is 29.6 Å². The molecule has 0 bridgehead atoms. The molecule has 1 fully saturated rings. The van der Waals surface area contributed by atoms with E-state index in [4.69, 9.17) is 5.73 Å². The van der Waals surface area contributed by atoms with Crippen molar-refractivity contribution in [3.63, 3.8) is 0 Å². The van der Waals surface area contributed by atoms with Gasteiger partial charge in [-0.3, -0.25) is 9.59 Å². The molecule has 2 aromatic carbocycles. The molecule has 2 amide bonds. The third-order valence-corrected chi connectivity index (χ3v) is 3.95. The molecule has 1 aliphatic rings. The SMILES string of the molecule is NC(=O)[C@@H](CC1CC1)NC(=O)c1cccc2ccccc12. The van der Waals surface area contributed by atoms with Crippen LogP contribution in [0.3, 0.4) is 0 Å². The molecular formula is C17H18N2O2. The van der Waals surface area contributed by atoms with E-state index in [1.807, 2.05) is 36.4 Å². The van der Waals surface area contributed by atoms with E-state index < -0.39 is 11.9 Å². The number of rotatable bonds is 5. The lowest BCUT2D eigenvalue weighted by atomic mass is 10.0. The van der Waals surface area contributed by atoms with Crippen LogP contribution in [0.15, 0.2) is 42.5 Å². The first-order valence-corrected chi connectivity index (χ1v) is 7.23. The molecule has 1 aliphatic carbocycles. The van der Waals surface area contributed by atoms with Crippen LogP contribution >= 0.6 is 0 Å². The third-order valence-electron chi connectivity index (χ3n) is 3.95. The van der Waals surface area contributed by atoms with Crippen molar-refractivity contribution in [2.45, 2.75) is 25.3 Å². The minimum atomic E-state index is -0.580. The smallest absolute Gasteiger partial charge is 0.252 e. The maximum Gasteiger partial charge on any atom is 0.252 e. The second kappa shape index (κ2) is 5.56. The zero-order valence-corrected chi connectivity index (χ0v) is 11.7. The van der Waals surface area contributed by atoms with Gasteiger partial charge in [0.1, 0.15) is 6.04 Å². The van der Waals surface area contributed by atoms with E-state index in [1.165, 1.54) is 0 Å². The lowest BCUT2D eigenvalue weighted by Gasteiger charge is -2.16. The highest BCUT2D eigenvalue weighted by Crippen LogP contribution is 2.33. The maximum atomic E-state index is 12.5. The Morgan fingerprint density at radius 3 is 2.57 bits per heavy atom. The predicted octanol–water partition coefficient (Wildman–Crippen LogP) is 2.22. The van der Waals surface area contributed by atoms with Crippen molar-refractivity contribution in [3.05, 3.63) is 48.0 Å². The number of carbonyl (C=O) groups excluding carboxylic acids is 2. The normalized spacial score (nSPS) is 15.6. The first-order valence-electron chi connectivity index (χ1n) is 7.23. The molecular weight excluding hydrogens is 264 g/mol. The summed E-state index contributed by atoms with van der Waals surface area (Å²) < 4.78 is 0. The molecule has 0 aromatic heterocycles. The second-order valence-corrected chi connectivity index (χ2v) is 5.63. The Labute approximate surface area is 123 Å². The van der Waals surface area contributed by atoms with Crippen molar-refractivity contribution >= 4 is 22.6 Å². The van der Waals surface area contributed by atoms with Crippen LogP contribution in [0.2, 0.25) is 0 Å². The molecule has 21 heavy (non-hydrogen) atoms. The minimum Gasteiger partial charge on any atom is -0.368 e. The monoisotopic (exact) mass is 282 g/mol. The van der Waals surface area contributed by atoms with Crippen molar-refractivity contribution in [1.82, 2.24) is 5.32 Å². The van der Waals surface area contributed by atoms with Gasteiger partial charge in [-0.15, -0.1) is 0 Å². The molecule has 4 heteroatoms. The third kappa shape index (κ3) is 3.05. The Balaban J connectivity index is 1.84. The van der Waals surface area contributed by atoms with Crippen LogP contribution in [-0.2, 0) is 4.79 Å². The first-order chi connectivity index (χ1) is 10.1. The quantitative estimate of drug-likeness (QED) is 0.882.